The molecule has 0 spiro atoms. The predicted molar refractivity (Wildman–Crippen MR) is 95.1 cm³/mol. The van der Waals surface area contributed by atoms with Gasteiger partial charge in [0.15, 0.2) is 0 Å². The number of benzene rings is 1. The third kappa shape index (κ3) is 3.67. The van der Waals surface area contributed by atoms with E-state index in [2.05, 4.69) is 37.6 Å². The molecule has 0 aromatic heterocycles. The van der Waals surface area contributed by atoms with E-state index in [0.717, 1.165) is 62.4 Å². The maximum absolute atomic E-state index is 10.9. The molecule has 23 heavy (non-hydrogen) atoms. The Balaban J connectivity index is 1.63. The van der Waals surface area contributed by atoms with Crippen LogP contribution in [0, 0.1) is 10.1 Å². The van der Waals surface area contributed by atoms with Gasteiger partial charge in [0, 0.05) is 61.9 Å². The third-order valence-electron chi connectivity index (χ3n) is 5.02. The van der Waals surface area contributed by atoms with E-state index in [1.807, 2.05) is 6.07 Å². The minimum atomic E-state index is -0.353. The summed E-state index contributed by atoms with van der Waals surface area (Å²) in [6.45, 7) is 9.99. The van der Waals surface area contributed by atoms with Crippen LogP contribution in [-0.4, -0.2) is 66.6 Å². The zero-order valence-electron chi connectivity index (χ0n) is 13.4. The lowest BCUT2D eigenvalue weighted by molar-refractivity contribution is -0.384. The molecule has 2 fully saturated rings. The first kappa shape index (κ1) is 16.7. The van der Waals surface area contributed by atoms with E-state index >= 15 is 0 Å². The molecule has 2 aliphatic rings. The van der Waals surface area contributed by atoms with Crippen molar-refractivity contribution >= 4 is 27.3 Å². The van der Waals surface area contributed by atoms with Gasteiger partial charge < -0.3 is 9.80 Å². The molecule has 1 aromatic rings. The summed E-state index contributed by atoms with van der Waals surface area (Å²) in [4.78, 5) is 17.9. The van der Waals surface area contributed by atoms with Crippen molar-refractivity contribution in [3.05, 3.63) is 32.8 Å². The number of piperazine rings is 1. The number of likely N-dealkylation sites (N-methyl/N-ethyl adjacent to an activating group) is 1. The van der Waals surface area contributed by atoms with Gasteiger partial charge in [0.1, 0.15) is 0 Å². The van der Waals surface area contributed by atoms with Crippen LogP contribution in [0.3, 0.4) is 0 Å². The average Bonchev–Trinajstić information content (AvgIpc) is 3.04. The fourth-order valence-electron chi connectivity index (χ4n) is 3.57. The summed E-state index contributed by atoms with van der Waals surface area (Å²) >= 11 is 3.49. The number of hydrogen-bond acceptors (Lipinski definition) is 5. The fraction of sp³-hybridized carbons (Fsp3) is 0.625. The van der Waals surface area contributed by atoms with Gasteiger partial charge in [-0.3, -0.25) is 15.0 Å². The Kier molecular flexibility index (Phi) is 5.18. The van der Waals surface area contributed by atoms with Gasteiger partial charge in [-0.15, -0.1) is 0 Å². The first-order valence-electron chi connectivity index (χ1n) is 8.23. The van der Waals surface area contributed by atoms with Crippen LogP contribution in [0.4, 0.5) is 11.4 Å². The molecule has 6 nitrogen and oxygen atoms in total. The normalized spacial score (nSPS) is 23.4. The predicted octanol–water partition coefficient (Wildman–Crippen LogP) is 2.57. The van der Waals surface area contributed by atoms with E-state index < -0.39 is 0 Å². The lowest BCUT2D eigenvalue weighted by Gasteiger charge is -2.37. The highest BCUT2D eigenvalue weighted by Gasteiger charge is 2.30. The Morgan fingerprint density at radius 1 is 1.26 bits per heavy atom. The zero-order chi connectivity index (χ0) is 16.4. The van der Waals surface area contributed by atoms with E-state index in [0.29, 0.717) is 6.04 Å². The zero-order valence-corrected chi connectivity index (χ0v) is 15.0. The van der Waals surface area contributed by atoms with E-state index in [1.54, 1.807) is 12.1 Å². The molecule has 7 heteroatoms. The van der Waals surface area contributed by atoms with Gasteiger partial charge in [-0.25, -0.2) is 0 Å². The molecule has 0 aliphatic carbocycles. The van der Waals surface area contributed by atoms with Crippen molar-refractivity contribution in [3.63, 3.8) is 0 Å². The molecule has 3 rings (SSSR count). The molecule has 0 amide bonds. The average molecular weight is 383 g/mol. The van der Waals surface area contributed by atoms with Crippen molar-refractivity contribution in [1.29, 1.82) is 0 Å². The summed E-state index contributed by atoms with van der Waals surface area (Å²) in [5.74, 6) is 0. The fourth-order valence-corrected chi connectivity index (χ4v) is 4.19. The third-order valence-corrected chi connectivity index (χ3v) is 5.65. The highest BCUT2D eigenvalue weighted by atomic mass is 79.9. The number of hydrogen-bond donors (Lipinski definition) is 0. The lowest BCUT2D eigenvalue weighted by atomic mass is 10.2. The van der Waals surface area contributed by atoms with Crippen molar-refractivity contribution in [2.24, 2.45) is 0 Å². The highest BCUT2D eigenvalue weighted by molar-refractivity contribution is 9.10. The first-order chi connectivity index (χ1) is 11.1. The molecule has 0 N–H and O–H groups in total. The monoisotopic (exact) mass is 382 g/mol. The first-order valence-corrected chi connectivity index (χ1v) is 9.03. The van der Waals surface area contributed by atoms with Crippen molar-refractivity contribution < 1.29 is 4.92 Å². The summed E-state index contributed by atoms with van der Waals surface area (Å²) < 4.78 is 0.808. The van der Waals surface area contributed by atoms with Gasteiger partial charge in [-0.2, -0.15) is 0 Å². The highest BCUT2D eigenvalue weighted by Crippen LogP contribution is 2.33. The number of nitro benzene ring substituents is 1. The Labute approximate surface area is 145 Å². The van der Waals surface area contributed by atoms with Gasteiger partial charge in [-0.1, -0.05) is 6.92 Å². The number of halogens is 1. The summed E-state index contributed by atoms with van der Waals surface area (Å²) in [5.41, 5.74) is 1.19. The summed E-state index contributed by atoms with van der Waals surface area (Å²) in [7, 11) is 0. The van der Waals surface area contributed by atoms with Crippen LogP contribution in [0.5, 0.6) is 0 Å². The molecule has 0 radical (unpaired) electrons. The summed E-state index contributed by atoms with van der Waals surface area (Å²) in [6, 6.07) is 5.64. The minimum absolute atomic E-state index is 0.132. The summed E-state index contributed by atoms with van der Waals surface area (Å²) in [6.07, 6.45) is 1.16. The Morgan fingerprint density at radius 2 is 2.00 bits per heavy atom. The van der Waals surface area contributed by atoms with E-state index in [9.17, 15) is 10.1 Å². The molecule has 2 heterocycles. The molecular weight excluding hydrogens is 360 g/mol. The standard InChI is InChI=1S/C16H23BrN4O2/c1-2-18-7-9-19(10-8-18)14-5-6-20(12-14)16-4-3-13(21(22)23)11-15(16)17/h3-4,11,14H,2,5-10,12H2,1H3. The van der Waals surface area contributed by atoms with Crippen LogP contribution in [-0.2, 0) is 0 Å². The topological polar surface area (TPSA) is 52.9 Å². The van der Waals surface area contributed by atoms with Gasteiger partial charge in [0.25, 0.3) is 5.69 Å². The van der Waals surface area contributed by atoms with Crippen molar-refractivity contribution in [2.75, 3.05) is 50.7 Å². The second-order valence-corrected chi connectivity index (χ2v) is 7.11. The number of rotatable bonds is 4. The van der Waals surface area contributed by atoms with Crippen molar-refractivity contribution in [3.8, 4) is 0 Å². The van der Waals surface area contributed by atoms with Crippen LogP contribution in [0.2, 0.25) is 0 Å². The van der Waals surface area contributed by atoms with Crippen LogP contribution in [0.25, 0.3) is 0 Å². The van der Waals surface area contributed by atoms with Gasteiger partial charge >= 0.3 is 0 Å². The Bertz CT molecular complexity index is 575. The Hall–Kier alpha value is -1.18. The largest absolute Gasteiger partial charge is 0.369 e. The summed E-state index contributed by atoms with van der Waals surface area (Å²) in [5, 5.41) is 10.9. The van der Waals surface area contributed by atoms with E-state index in [1.165, 1.54) is 0 Å². The van der Waals surface area contributed by atoms with Crippen LogP contribution in [0.15, 0.2) is 22.7 Å². The Morgan fingerprint density at radius 3 is 2.61 bits per heavy atom. The van der Waals surface area contributed by atoms with Crippen LogP contribution >= 0.6 is 15.9 Å². The molecule has 1 aromatic carbocycles. The molecule has 2 aliphatic heterocycles. The van der Waals surface area contributed by atoms with Gasteiger partial charge in [0.05, 0.1) is 10.6 Å². The molecular formula is C16H23BrN4O2. The van der Waals surface area contributed by atoms with Crippen LogP contribution < -0.4 is 4.90 Å². The maximum Gasteiger partial charge on any atom is 0.270 e. The number of nitro groups is 1. The van der Waals surface area contributed by atoms with Gasteiger partial charge in [-0.05, 0) is 35.0 Å². The molecule has 0 saturated carbocycles. The lowest BCUT2D eigenvalue weighted by Crippen LogP contribution is -2.50. The molecule has 1 unspecified atom stereocenters. The second kappa shape index (κ2) is 7.15. The second-order valence-electron chi connectivity index (χ2n) is 6.25. The number of non-ortho nitro benzene ring substituents is 1. The molecule has 1 atom stereocenters. The van der Waals surface area contributed by atoms with E-state index in [-0.39, 0.29) is 10.6 Å². The van der Waals surface area contributed by atoms with Gasteiger partial charge in [0.2, 0.25) is 0 Å². The quantitative estimate of drug-likeness (QED) is 0.591. The molecule has 126 valence electrons. The van der Waals surface area contributed by atoms with E-state index in [4.69, 9.17) is 0 Å². The minimum Gasteiger partial charge on any atom is -0.369 e. The van der Waals surface area contributed by atoms with Crippen LogP contribution in [0.1, 0.15) is 13.3 Å². The molecule has 0 bridgehead atoms. The number of nitrogens with zero attached hydrogens (tertiary/aromatic N) is 4. The smallest absolute Gasteiger partial charge is 0.270 e. The number of anilines is 1. The van der Waals surface area contributed by atoms with Crippen molar-refractivity contribution in [1.82, 2.24) is 9.80 Å². The molecule has 2 saturated heterocycles. The van der Waals surface area contributed by atoms with Crippen molar-refractivity contribution in [2.45, 2.75) is 19.4 Å². The maximum atomic E-state index is 10.9. The SMILES string of the molecule is CCN1CCN(C2CCN(c3ccc([N+](=O)[O-])cc3Br)C2)CC1.